The zero-order valence-corrected chi connectivity index (χ0v) is 14.0. The Morgan fingerprint density at radius 2 is 1.86 bits per heavy atom. The highest BCUT2D eigenvalue weighted by atomic mass is 16.3. The van der Waals surface area contributed by atoms with Crippen LogP contribution in [0.3, 0.4) is 0 Å². The summed E-state index contributed by atoms with van der Waals surface area (Å²) in [5.41, 5.74) is 1.82. The summed E-state index contributed by atoms with van der Waals surface area (Å²) in [7, 11) is 0. The fourth-order valence-corrected chi connectivity index (χ4v) is 1.90. The molecule has 0 spiro atoms. The van der Waals surface area contributed by atoms with Crippen LogP contribution in [0.2, 0.25) is 0 Å². The van der Waals surface area contributed by atoms with Crippen molar-refractivity contribution in [1.29, 1.82) is 5.26 Å². The Morgan fingerprint density at radius 1 is 1.18 bits per heavy atom. The second kappa shape index (κ2) is 5.45. The Labute approximate surface area is 130 Å². The van der Waals surface area contributed by atoms with E-state index in [1.54, 1.807) is 18.2 Å². The normalized spacial score (nSPS) is 13.2. The summed E-state index contributed by atoms with van der Waals surface area (Å²) in [5.74, 6) is 0.588. The maximum absolute atomic E-state index is 9.02. The highest BCUT2D eigenvalue weighted by molar-refractivity contribution is 5.75. The van der Waals surface area contributed by atoms with E-state index < -0.39 is 0 Å². The van der Waals surface area contributed by atoms with Crippen LogP contribution in [-0.4, -0.2) is 16.1 Å². The Bertz CT molecular complexity index is 798. The van der Waals surface area contributed by atoms with Gasteiger partial charge in [0.15, 0.2) is 11.4 Å². The van der Waals surface area contributed by atoms with Crippen LogP contribution in [0.4, 0.5) is 5.82 Å². The van der Waals surface area contributed by atoms with Crippen LogP contribution in [0.15, 0.2) is 27.6 Å². The van der Waals surface area contributed by atoms with Gasteiger partial charge in [-0.25, -0.2) is 9.98 Å². The number of hydrogen-bond donors (Lipinski definition) is 1. The van der Waals surface area contributed by atoms with Crippen LogP contribution in [0.1, 0.15) is 47.1 Å². The molecule has 22 heavy (non-hydrogen) atoms. The largest absolute Gasteiger partial charge is 0.434 e. The molecule has 5 nitrogen and oxygen atoms in total. The lowest BCUT2D eigenvalue weighted by Crippen LogP contribution is -2.31. The summed E-state index contributed by atoms with van der Waals surface area (Å²) in [6, 6.07) is 7.30. The van der Waals surface area contributed by atoms with Crippen molar-refractivity contribution in [2.75, 3.05) is 5.32 Å². The Kier molecular flexibility index (Phi) is 3.97. The second-order valence-corrected chi connectivity index (χ2v) is 7.32. The fourth-order valence-electron chi connectivity index (χ4n) is 1.90. The third-order valence-electron chi connectivity index (χ3n) is 2.66. The Hall–Kier alpha value is -2.35. The quantitative estimate of drug-likeness (QED) is 0.872. The zero-order chi connectivity index (χ0) is 16.5. The van der Waals surface area contributed by atoms with Crippen molar-refractivity contribution in [2.24, 2.45) is 4.99 Å². The van der Waals surface area contributed by atoms with Crippen LogP contribution in [0, 0.1) is 11.3 Å². The molecule has 0 bridgehead atoms. The predicted octanol–water partition coefficient (Wildman–Crippen LogP) is 3.61. The molecule has 0 amide bonds. The molecule has 0 saturated heterocycles. The number of nitriles is 1. The third-order valence-corrected chi connectivity index (χ3v) is 2.66. The van der Waals surface area contributed by atoms with Gasteiger partial charge in [-0.3, -0.25) is 0 Å². The lowest BCUT2D eigenvalue weighted by molar-refractivity contribution is 0.473. The minimum absolute atomic E-state index is 0.175. The smallest absolute Gasteiger partial charge is 0.258 e. The monoisotopic (exact) mass is 298 g/mol. The first-order valence-corrected chi connectivity index (χ1v) is 7.26. The standard InChI is InChI=1S/C17H22N4O/c1-16(2,3)20-14-15(21-17(4,5)6)22-13-8-7-11(10-18)9-12(13)19-14/h7-9H,1-6H3,(H,19,20). The molecule has 0 atom stereocenters. The van der Waals surface area contributed by atoms with E-state index in [0.717, 1.165) is 0 Å². The van der Waals surface area contributed by atoms with E-state index in [9.17, 15) is 0 Å². The summed E-state index contributed by atoms with van der Waals surface area (Å²) in [6.45, 7) is 12.2. The number of nitrogens with one attached hydrogen (secondary N) is 1. The molecule has 116 valence electrons. The summed E-state index contributed by atoms with van der Waals surface area (Å²) in [4.78, 5) is 9.22. The van der Waals surface area contributed by atoms with E-state index in [4.69, 9.17) is 9.68 Å². The fraction of sp³-hybridized carbons (Fsp3) is 0.471. The summed E-state index contributed by atoms with van der Waals surface area (Å²) in [5, 5.41) is 12.3. The third kappa shape index (κ3) is 4.08. The molecule has 5 heteroatoms. The van der Waals surface area contributed by atoms with E-state index in [1.807, 2.05) is 41.5 Å². The maximum Gasteiger partial charge on any atom is 0.258 e. The molecule has 2 aromatic rings. The van der Waals surface area contributed by atoms with Crippen LogP contribution < -0.4 is 10.9 Å². The molecule has 0 aliphatic rings. The molecular weight excluding hydrogens is 276 g/mol. The van der Waals surface area contributed by atoms with Gasteiger partial charge >= 0.3 is 0 Å². The van der Waals surface area contributed by atoms with Crippen molar-refractivity contribution in [3.63, 3.8) is 0 Å². The lowest BCUT2D eigenvalue weighted by atomic mass is 10.1. The van der Waals surface area contributed by atoms with Crippen molar-refractivity contribution in [1.82, 2.24) is 4.98 Å². The molecule has 0 fully saturated rings. The highest BCUT2D eigenvalue weighted by Gasteiger charge is 2.16. The average molecular weight is 298 g/mol. The van der Waals surface area contributed by atoms with E-state index in [0.29, 0.717) is 28.0 Å². The SMILES string of the molecule is CC(C)(C)N=c1oc2ccc(C#N)cc2nc1NC(C)(C)C. The second-order valence-electron chi connectivity index (χ2n) is 7.32. The molecule has 0 saturated carbocycles. The van der Waals surface area contributed by atoms with Crippen molar-refractivity contribution in [3.8, 4) is 6.07 Å². The molecule has 1 N–H and O–H groups in total. The molecule has 0 aliphatic heterocycles. The molecule has 0 unspecified atom stereocenters. The summed E-state index contributed by atoms with van der Waals surface area (Å²) >= 11 is 0. The van der Waals surface area contributed by atoms with Crippen LogP contribution in [0.5, 0.6) is 0 Å². The molecule has 1 aromatic carbocycles. The van der Waals surface area contributed by atoms with Crippen LogP contribution >= 0.6 is 0 Å². The van der Waals surface area contributed by atoms with Gasteiger partial charge in [0.1, 0.15) is 5.52 Å². The van der Waals surface area contributed by atoms with Crippen LogP contribution in [-0.2, 0) is 0 Å². The summed E-state index contributed by atoms with van der Waals surface area (Å²) in [6.07, 6.45) is 0. The van der Waals surface area contributed by atoms with Gasteiger partial charge in [0.25, 0.3) is 5.55 Å². The summed E-state index contributed by atoms with van der Waals surface area (Å²) < 4.78 is 5.91. The number of aromatic nitrogens is 1. The molecule has 1 aromatic heterocycles. The first-order chi connectivity index (χ1) is 10.1. The lowest BCUT2D eigenvalue weighted by Gasteiger charge is -2.21. The van der Waals surface area contributed by atoms with Crippen molar-refractivity contribution in [2.45, 2.75) is 52.6 Å². The topological polar surface area (TPSA) is 74.2 Å². The first-order valence-electron chi connectivity index (χ1n) is 7.26. The van der Waals surface area contributed by atoms with E-state index in [-0.39, 0.29) is 11.1 Å². The molecule has 2 rings (SSSR count). The Balaban J connectivity index is 2.73. The molecule has 0 radical (unpaired) electrons. The first kappa shape index (κ1) is 16.0. The number of fused-ring (bicyclic) bond motifs is 1. The van der Waals surface area contributed by atoms with Crippen molar-refractivity contribution < 1.29 is 4.42 Å². The number of anilines is 1. The molecule has 0 aliphatic carbocycles. The van der Waals surface area contributed by atoms with Gasteiger partial charge in [0.05, 0.1) is 17.2 Å². The van der Waals surface area contributed by atoms with Gasteiger partial charge in [-0.1, -0.05) is 0 Å². The maximum atomic E-state index is 9.02. The van der Waals surface area contributed by atoms with E-state index in [2.05, 4.69) is 21.4 Å². The average Bonchev–Trinajstić information content (AvgIpc) is 2.35. The van der Waals surface area contributed by atoms with Gasteiger partial charge in [-0.15, -0.1) is 0 Å². The minimum Gasteiger partial charge on any atom is -0.434 e. The minimum atomic E-state index is -0.278. The van der Waals surface area contributed by atoms with Gasteiger partial charge in [-0.05, 0) is 59.7 Å². The number of hydrogen-bond acceptors (Lipinski definition) is 5. The van der Waals surface area contributed by atoms with Crippen molar-refractivity contribution >= 4 is 16.9 Å². The number of benzene rings is 1. The number of nitrogens with zero attached hydrogens (tertiary/aromatic N) is 3. The number of rotatable bonds is 1. The van der Waals surface area contributed by atoms with Gasteiger partial charge in [0.2, 0.25) is 0 Å². The Morgan fingerprint density at radius 3 is 2.41 bits per heavy atom. The van der Waals surface area contributed by atoms with Crippen molar-refractivity contribution in [3.05, 3.63) is 29.3 Å². The predicted molar refractivity (Wildman–Crippen MR) is 87.4 cm³/mol. The van der Waals surface area contributed by atoms with Gasteiger partial charge in [-0.2, -0.15) is 5.26 Å². The highest BCUT2D eigenvalue weighted by Crippen LogP contribution is 2.17. The zero-order valence-electron chi connectivity index (χ0n) is 14.0. The molecule has 1 heterocycles. The van der Waals surface area contributed by atoms with Gasteiger partial charge in [0, 0.05) is 5.54 Å². The van der Waals surface area contributed by atoms with Gasteiger partial charge < -0.3 is 9.73 Å². The van der Waals surface area contributed by atoms with Crippen LogP contribution in [0.25, 0.3) is 11.1 Å². The van der Waals surface area contributed by atoms with E-state index >= 15 is 0 Å². The van der Waals surface area contributed by atoms with E-state index in [1.165, 1.54) is 0 Å². The molecular formula is C17H22N4O.